The molecule has 1 unspecified atom stereocenters. The van der Waals surface area contributed by atoms with E-state index in [0.717, 1.165) is 16.9 Å². The molecule has 1 aliphatic rings. The van der Waals surface area contributed by atoms with Gasteiger partial charge in [0.05, 0.1) is 11.5 Å². The fraction of sp³-hybridized carbons (Fsp3) is 0.429. The topological polar surface area (TPSA) is 91.8 Å². The van der Waals surface area contributed by atoms with Gasteiger partial charge in [-0.15, -0.1) is 0 Å². The van der Waals surface area contributed by atoms with Crippen molar-refractivity contribution in [3.8, 4) is 0 Å². The minimum Gasteiger partial charge on any atom is -0.480 e. The van der Waals surface area contributed by atoms with Gasteiger partial charge in [-0.25, -0.2) is 13.2 Å². The predicted octanol–water partition coefficient (Wildman–Crippen LogP) is 0.573. The van der Waals surface area contributed by atoms with Gasteiger partial charge in [-0.3, -0.25) is 4.79 Å². The summed E-state index contributed by atoms with van der Waals surface area (Å²) in [5.41, 5.74) is 1.44. The van der Waals surface area contributed by atoms with E-state index in [2.05, 4.69) is 0 Å². The lowest BCUT2D eigenvalue weighted by molar-refractivity contribution is -0.141. The number of sulfone groups is 1. The third kappa shape index (κ3) is 3.41. The van der Waals surface area contributed by atoms with Crippen molar-refractivity contribution in [2.75, 3.05) is 18.1 Å². The van der Waals surface area contributed by atoms with Gasteiger partial charge in [-0.1, -0.05) is 19.1 Å². The standard InChI is InChI=1S/C14H17NO5S/c1-2-10-3-5-11(6-4-10)13(16)15-7-8-21(19,20)9-12(15)14(17)18/h3-6,12H,2,7-9H2,1H3,(H,17,18). The first-order valence-corrected chi connectivity index (χ1v) is 8.49. The molecule has 0 bridgehead atoms. The Morgan fingerprint density at radius 1 is 1.29 bits per heavy atom. The molecule has 0 saturated carbocycles. The third-order valence-electron chi connectivity index (χ3n) is 3.59. The van der Waals surface area contributed by atoms with E-state index < -0.39 is 33.5 Å². The first-order valence-electron chi connectivity index (χ1n) is 6.67. The van der Waals surface area contributed by atoms with E-state index in [4.69, 9.17) is 5.11 Å². The molecule has 7 heteroatoms. The molecule has 1 atom stereocenters. The minimum absolute atomic E-state index is 0.0896. The molecule has 1 aliphatic heterocycles. The average molecular weight is 311 g/mol. The van der Waals surface area contributed by atoms with E-state index in [1.807, 2.05) is 19.1 Å². The van der Waals surface area contributed by atoms with Crippen molar-refractivity contribution in [1.29, 1.82) is 0 Å². The van der Waals surface area contributed by atoms with Crippen molar-refractivity contribution in [3.05, 3.63) is 35.4 Å². The van der Waals surface area contributed by atoms with Crippen molar-refractivity contribution >= 4 is 21.7 Å². The molecule has 0 aliphatic carbocycles. The molecule has 1 fully saturated rings. The molecule has 1 heterocycles. The lowest BCUT2D eigenvalue weighted by Crippen LogP contribution is -2.54. The second-order valence-corrected chi connectivity index (χ2v) is 7.25. The Balaban J connectivity index is 2.25. The van der Waals surface area contributed by atoms with Crippen LogP contribution < -0.4 is 0 Å². The van der Waals surface area contributed by atoms with Gasteiger partial charge in [0.2, 0.25) is 0 Å². The molecular weight excluding hydrogens is 294 g/mol. The largest absolute Gasteiger partial charge is 0.480 e. The van der Waals surface area contributed by atoms with Gasteiger partial charge in [0, 0.05) is 12.1 Å². The second kappa shape index (κ2) is 5.85. The Labute approximate surface area is 123 Å². The number of carboxylic acids is 1. The van der Waals surface area contributed by atoms with Gasteiger partial charge in [0.25, 0.3) is 5.91 Å². The number of nitrogens with zero attached hydrogens (tertiary/aromatic N) is 1. The highest BCUT2D eigenvalue weighted by Gasteiger charge is 2.38. The number of hydrogen-bond acceptors (Lipinski definition) is 4. The molecular formula is C14H17NO5S. The zero-order chi connectivity index (χ0) is 15.6. The third-order valence-corrected chi connectivity index (χ3v) is 5.21. The average Bonchev–Trinajstić information content (AvgIpc) is 2.45. The van der Waals surface area contributed by atoms with Crippen LogP contribution in [-0.4, -0.2) is 54.4 Å². The van der Waals surface area contributed by atoms with E-state index in [0.29, 0.717) is 5.56 Å². The number of amides is 1. The van der Waals surface area contributed by atoms with E-state index in [1.54, 1.807) is 12.1 Å². The molecule has 114 valence electrons. The smallest absolute Gasteiger partial charge is 0.327 e. The zero-order valence-electron chi connectivity index (χ0n) is 11.7. The SMILES string of the molecule is CCc1ccc(C(=O)N2CCS(=O)(=O)CC2C(=O)O)cc1. The molecule has 2 rings (SSSR count). The summed E-state index contributed by atoms with van der Waals surface area (Å²) in [6, 6.07) is 5.59. The van der Waals surface area contributed by atoms with Crippen LogP contribution in [0.1, 0.15) is 22.8 Å². The van der Waals surface area contributed by atoms with Crippen LogP contribution in [0, 0.1) is 0 Å². The lowest BCUT2D eigenvalue weighted by atomic mass is 10.1. The van der Waals surface area contributed by atoms with Gasteiger partial charge >= 0.3 is 5.97 Å². The van der Waals surface area contributed by atoms with Crippen LogP contribution in [0.25, 0.3) is 0 Å². The summed E-state index contributed by atoms with van der Waals surface area (Å²) in [7, 11) is -3.41. The van der Waals surface area contributed by atoms with Crippen LogP contribution in [0.4, 0.5) is 0 Å². The molecule has 1 saturated heterocycles. The maximum absolute atomic E-state index is 12.4. The van der Waals surface area contributed by atoms with Crippen LogP contribution in [0.3, 0.4) is 0 Å². The summed E-state index contributed by atoms with van der Waals surface area (Å²) in [5.74, 6) is -2.46. The molecule has 1 N–H and O–H groups in total. The first kappa shape index (κ1) is 15.5. The number of carboxylic acid groups (broad SMARTS) is 1. The molecule has 1 aromatic rings. The summed E-state index contributed by atoms with van der Waals surface area (Å²) in [6.45, 7) is 1.90. The first-order chi connectivity index (χ1) is 9.84. The molecule has 1 aromatic carbocycles. The number of benzene rings is 1. The second-order valence-electron chi connectivity index (χ2n) is 5.02. The molecule has 0 radical (unpaired) electrons. The van der Waals surface area contributed by atoms with Crippen molar-refractivity contribution in [3.63, 3.8) is 0 Å². The maximum atomic E-state index is 12.4. The Bertz CT molecular complexity index is 650. The van der Waals surface area contributed by atoms with Gasteiger partial charge in [0.15, 0.2) is 9.84 Å². The van der Waals surface area contributed by atoms with Gasteiger partial charge < -0.3 is 10.0 Å². The quantitative estimate of drug-likeness (QED) is 0.881. The summed E-state index contributed by atoms with van der Waals surface area (Å²) in [5, 5.41) is 9.16. The Hall–Kier alpha value is -1.89. The monoisotopic (exact) mass is 311 g/mol. The summed E-state index contributed by atoms with van der Waals surface area (Å²) in [4.78, 5) is 24.8. The van der Waals surface area contributed by atoms with Crippen LogP contribution in [0.2, 0.25) is 0 Å². The van der Waals surface area contributed by atoms with E-state index in [1.165, 1.54) is 0 Å². The van der Waals surface area contributed by atoms with Crippen LogP contribution in [0.5, 0.6) is 0 Å². The molecule has 21 heavy (non-hydrogen) atoms. The fourth-order valence-corrected chi connectivity index (χ4v) is 3.75. The number of aryl methyl sites for hydroxylation is 1. The molecule has 1 amide bonds. The number of carbonyl (C=O) groups is 2. The number of hydrogen-bond donors (Lipinski definition) is 1. The summed E-state index contributed by atoms with van der Waals surface area (Å²) < 4.78 is 23.1. The van der Waals surface area contributed by atoms with Crippen molar-refractivity contribution < 1.29 is 23.1 Å². The zero-order valence-corrected chi connectivity index (χ0v) is 12.5. The maximum Gasteiger partial charge on any atom is 0.327 e. The normalized spacial score (nSPS) is 21.0. The Morgan fingerprint density at radius 3 is 2.43 bits per heavy atom. The lowest BCUT2D eigenvalue weighted by Gasteiger charge is -2.32. The Kier molecular flexibility index (Phi) is 4.32. The van der Waals surface area contributed by atoms with Crippen LogP contribution in [-0.2, 0) is 21.1 Å². The highest BCUT2D eigenvalue weighted by Crippen LogP contribution is 2.17. The van der Waals surface area contributed by atoms with E-state index in [9.17, 15) is 18.0 Å². The van der Waals surface area contributed by atoms with Crippen molar-refractivity contribution in [1.82, 2.24) is 4.90 Å². The van der Waals surface area contributed by atoms with E-state index >= 15 is 0 Å². The Morgan fingerprint density at radius 2 is 1.90 bits per heavy atom. The minimum atomic E-state index is -3.41. The van der Waals surface area contributed by atoms with Crippen molar-refractivity contribution in [2.24, 2.45) is 0 Å². The van der Waals surface area contributed by atoms with Crippen LogP contribution >= 0.6 is 0 Å². The fourth-order valence-electron chi connectivity index (χ4n) is 2.30. The van der Waals surface area contributed by atoms with Crippen LogP contribution in [0.15, 0.2) is 24.3 Å². The van der Waals surface area contributed by atoms with E-state index in [-0.39, 0.29) is 12.3 Å². The van der Waals surface area contributed by atoms with Crippen molar-refractivity contribution in [2.45, 2.75) is 19.4 Å². The van der Waals surface area contributed by atoms with Gasteiger partial charge in [-0.05, 0) is 24.1 Å². The number of carbonyl (C=O) groups excluding carboxylic acids is 1. The molecule has 0 aromatic heterocycles. The number of rotatable bonds is 3. The van der Waals surface area contributed by atoms with Gasteiger partial charge in [0.1, 0.15) is 6.04 Å². The molecule has 0 spiro atoms. The predicted molar refractivity (Wildman–Crippen MR) is 76.9 cm³/mol. The highest BCUT2D eigenvalue weighted by molar-refractivity contribution is 7.91. The molecule has 6 nitrogen and oxygen atoms in total. The summed E-state index contributed by atoms with van der Waals surface area (Å²) >= 11 is 0. The number of aliphatic carboxylic acids is 1. The highest BCUT2D eigenvalue weighted by atomic mass is 32.2. The summed E-state index contributed by atoms with van der Waals surface area (Å²) in [6.07, 6.45) is 0.841. The van der Waals surface area contributed by atoms with Gasteiger partial charge in [-0.2, -0.15) is 0 Å².